The summed E-state index contributed by atoms with van der Waals surface area (Å²) >= 11 is 0. The Morgan fingerprint density at radius 3 is 2.97 bits per heavy atom. The maximum absolute atomic E-state index is 12.5. The number of allylic oxidation sites excluding steroid dienone is 1. The van der Waals surface area contributed by atoms with Gasteiger partial charge in [-0.15, -0.1) is 0 Å². The molecule has 0 spiro atoms. The standard InChI is InChI=1S/C22H19N3O5/c1-3-29-22(27)18-19(26)17(10-13-12-24-20-16(13)8-5-9-23-20)30-21(18)25-14-6-4-7-15(11-14)28-2/h4-12,25-26H,3H2,1-2H3. The first-order valence-electron chi connectivity index (χ1n) is 9.25. The van der Waals surface area contributed by atoms with Crippen LogP contribution in [0.3, 0.4) is 0 Å². The second-order valence-corrected chi connectivity index (χ2v) is 6.33. The number of aromatic nitrogens is 1. The molecule has 0 saturated heterocycles. The number of aromatic hydroxyl groups is 1. The summed E-state index contributed by atoms with van der Waals surface area (Å²) in [6.07, 6.45) is 4.88. The van der Waals surface area contributed by atoms with Gasteiger partial charge in [0.05, 0.1) is 13.7 Å². The number of hydrogen-bond donors (Lipinski definition) is 2. The van der Waals surface area contributed by atoms with Crippen molar-refractivity contribution in [3.8, 4) is 11.5 Å². The van der Waals surface area contributed by atoms with Gasteiger partial charge in [0, 0.05) is 35.3 Å². The van der Waals surface area contributed by atoms with E-state index >= 15 is 0 Å². The van der Waals surface area contributed by atoms with E-state index in [0.717, 1.165) is 5.56 Å². The highest BCUT2D eigenvalue weighted by atomic mass is 16.5. The molecular weight excluding hydrogens is 386 g/mol. The molecule has 0 amide bonds. The summed E-state index contributed by atoms with van der Waals surface area (Å²) in [5.41, 5.74) is 2.02. The molecule has 8 nitrogen and oxygen atoms in total. The van der Waals surface area contributed by atoms with Crippen LogP contribution in [0.1, 0.15) is 28.6 Å². The lowest BCUT2D eigenvalue weighted by molar-refractivity contribution is 0.0524. The molecule has 3 aromatic rings. The van der Waals surface area contributed by atoms with Crippen molar-refractivity contribution in [2.45, 2.75) is 6.92 Å². The van der Waals surface area contributed by atoms with Crippen LogP contribution in [0.2, 0.25) is 0 Å². The third-order valence-electron chi connectivity index (χ3n) is 4.43. The summed E-state index contributed by atoms with van der Waals surface area (Å²) in [5.74, 6) is 0.347. The topological polar surface area (TPSA) is 106 Å². The SMILES string of the molecule is CCOC(=O)c1c(Nc2cccc(OC)c2)oc(C=C2C=Nc3ncccc32)c1O. The van der Waals surface area contributed by atoms with Gasteiger partial charge in [-0.3, -0.25) is 0 Å². The Morgan fingerprint density at radius 2 is 2.17 bits per heavy atom. The summed E-state index contributed by atoms with van der Waals surface area (Å²) in [7, 11) is 1.56. The molecule has 152 valence electrons. The molecule has 2 aromatic heterocycles. The van der Waals surface area contributed by atoms with Crippen LogP contribution >= 0.6 is 0 Å². The van der Waals surface area contributed by atoms with Gasteiger partial charge in [-0.1, -0.05) is 6.07 Å². The number of furan rings is 1. The summed E-state index contributed by atoms with van der Waals surface area (Å²) in [4.78, 5) is 20.9. The minimum Gasteiger partial charge on any atom is -0.504 e. The van der Waals surface area contributed by atoms with Gasteiger partial charge >= 0.3 is 5.97 Å². The maximum atomic E-state index is 12.5. The number of benzene rings is 1. The van der Waals surface area contributed by atoms with Crippen LogP contribution in [0.5, 0.6) is 11.5 Å². The number of methoxy groups -OCH3 is 1. The molecule has 8 heteroatoms. The summed E-state index contributed by atoms with van der Waals surface area (Å²) < 4.78 is 16.1. The zero-order valence-electron chi connectivity index (χ0n) is 16.4. The van der Waals surface area contributed by atoms with Crippen LogP contribution in [0, 0.1) is 0 Å². The van der Waals surface area contributed by atoms with Gasteiger partial charge < -0.3 is 24.3 Å². The fraction of sp³-hybridized carbons (Fsp3) is 0.136. The van der Waals surface area contributed by atoms with Crippen molar-refractivity contribution in [3.63, 3.8) is 0 Å². The van der Waals surface area contributed by atoms with Crippen molar-refractivity contribution in [3.05, 3.63) is 59.5 Å². The number of nitrogens with zero attached hydrogens (tertiary/aromatic N) is 2. The number of nitrogens with one attached hydrogen (secondary N) is 1. The van der Waals surface area contributed by atoms with Gasteiger partial charge in [-0.2, -0.15) is 0 Å². The van der Waals surface area contributed by atoms with Gasteiger partial charge in [-0.25, -0.2) is 14.8 Å². The molecule has 1 aromatic carbocycles. The number of fused-ring (bicyclic) bond motifs is 1. The van der Waals surface area contributed by atoms with Crippen molar-refractivity contribution < 1.29 is 23.8 Å². The van der Waals surface area contributed by atoms with Crippen molar-refractivity contribution >= 4 is 41.2 Å². The minimum atomic E-state index is -0.698. The van der Waals surface area contributed by atoms with Crippen molar-refractivity contribution in [1.82, 2.24) is 4.98 Å². The number of esters is 1. The summed E-state index contributed by atoms with van der Waals surface area (Å²) in [6.45, 7) is 1.84. The molecule has 4 rings (SSSR count). The molecule has 0 bridgehead atoms. The number of anilines is 2. The predicted molar refractivity (Wildman–Crippen MR) is 113 cm³/mol. The summed E-state index contributed by atoms with van der Waals surface area (Å²) in [6, 6.07) is 10.7. The van der Waals surface area contributed by atoms with Crippen LogP contribution in [0.4, 0.5) is 17.4 Å². The number of aliphatic imine (C=N–C) groups is 1. The van der Waals surface area contributed by atoms with Crippen LogP contribution in [-0.4, -0.2) is 36.0 Å². The number of rotatable bonds is 6. The van der Waals surface area contributed by atoms with E-state index < -0.39 is 5.97 Å². The first-order chi connectivity index (χ1) is 14.6. The largest absolute Gasteiger partial charge is 0.504 e. The molecule has 30 heavy (non-hydrogen) atoms. The van der Waals surface area contributed by atoms with E-state index in [9.17, 15) is 9.90 Å². The monoisotopic (exact) mass is 405 g/mol. The van der Waals surface area contributed by atoms with Gasteiger partial charge in [0.25, 0.3) is 0 Å². The number of carbonyl (C=O) groups is 1. The second-order valence-electron chi connectivity index (χ2n) is 6.33. The fourth-order valence-corrected chi connectivity index (χ4v) is 3.03. The molecule has 2 N–H and O–H groups in total. The normalized spacial score (nSPS) is 13.3. The lowest BCUT2D eigenvalue weighted by atomic mass is 10.1. The first-order valence-corrected chi connectivity index (χ1v) is 9.25. The van der Waals surface area contributed by atoms with Crippen LogP contribution in [-0.2, 0) is 4.74 Å². The van der Waals surface area contributed by atoms with Gasteiger partial charge in [0.2, 0.25) is 5.88 Å². The summed E-state index contributed by atoms with van der Waals surface area (Å²) in [5, 5.41) is 13.7. The quantitative estimate of drug-likeness (QED) is 0.579. The molecule has 3 heterocycles. The average Bonchev–Trinajstić information content (AvgIpc) is 3.29. The lowest BCUT2D eigenvalue weighted by Crippen LogP contribution is -2.06. The fourth-order valence-electron chi connectivity index (χ4n) is 3.03. The molecule has 0 radical (unpaired) electrons. The Labute approximate surface area is 172 Å². The third kappa shape index (κ3) is 3.62. The Bertz CT molecular complexity index is 1160. The molecule has 1 aliphatic rings. The van der Waals surface area contributed by atoms with E-state index in [1.807, 2.05) is 6.07 Å². The van der Waals surface area contributed by atoms with E-state index in [2.05, 4.69) is 15.3 Å². The smallest absolute Gasteiger partial charge is 0.347 e. The van der Waals surface area contributed by atoms with Gasteiger partial charge in [-0.05, 0) is 37.3 Å². The van der Waals surface area contributed by atoms with Crippen LogP contribution in [0.25, 0.3) is 11.6 Å². The molecule has 0 atom stereocenters. The Hall–Kier alpha value is -4.07. The van der Waals surface area contributed by atoms with Gasteiger partial charge in [0.15, 0.2) is 22.9 Å². The highest BCUT2D eigenvalue weighted by Crippen LogP contribution is 2.39. The van der Waals surface area contributed by atoms with E-state index in [4.69, 9.17) is 13.9 Å². The molecule has 0 saturated carbocycles. The van der Waals surface area contributed by atoms with E-state index in [0.29, 0.717) is 22.8 Å². The average molecular weight is 405 g/mol. The molecule has 1 aliphatic heterocycles. The number of ether oxygens (including phenoxy) is 2. The third-order valence-corrected chi connectivity index (χ3v) is 4.43. The van der Waals surface area contributed by atoms with E-state index in [-0.39, 0.29) is 29.6 Å². The van der Waals surface area contributed by atoms with E-state index in [1.54, 1.807) is 62.9 Å². The lowest BCUT2D eigenvalue weighted by Gasteiger charge is -2.07. The molecule has 0 aliphatic carbocycles. The first kappa shape index (κ1) is 19.3. The Kier molecular flexibility index (Phi) is 5.21. The molecule has 0 unspecified atom stereocenters. The Balaban J connectivity index is 1.76. The van der Waals surface area contributed by atoms with Crippen molar-refractivity contribution in [2.24, 2.45) is 4.99 Å². The van der Waals surface area contributed by atoms with Gasteiger partial charge in [0.1, 0.15) is 5.75 Å². The Morgan fingerprint density at radius 1 is 1.30 bits per heavy atom. The maximum Gasteiger partial charge on any atom is 0.347 e. The van der Waals surface area contributed by atoms with Crippen molar-refractivity contribution in [2.75, 3.05) is 19.0 Å². The second kappa shape index (κ2) is 8.12. The minimum absolute atomic E-state index is 0.0624. The number of carbonyl (C=O) groups excluding carboxylic acids is 1. The number of hydrogen-bond acceptors (Lipinski definition) is 8. The highest BCUT2D eigenvalue weighted by molar-refractivity contribution is 6.21. The van der Waals surface area contributed by atoms with Crippen LogP contribution < -0.4 is 10.1 Å². The highest BCUT2D eigenvalue weighted by Gasteiger charge is 2.27. The zero-order valence-corrected chi connectivity index (χ0v) is 16.4. The number of pyridine rings is 1. The molecule has 0 fully saturated rings. The van der Waals surface area contributed by atoms with Crippen molar-refractivity contribution in [1.29, 1.82) is 0 Å². The zero-order chi connectivity index (χ0) is 21.1. The van der Waals surface area contributed by atoms with Crippen LogP contribution in [0.15, 0.2) is 52.0 Å². The molecular formula is C22H19N3O5. The van der Waals surface area contributed by atoms with E-state index in [1.165, 1.54) is 0 Å². The predicted octanol–water partition coefficient (Wildman–Crippen LogP) is 4.57.